The lowest BCUT2D eigenvalue weighted by Crippen LogP contribution is -1.95. The van der Waals surface area contributed by atoms with E-state index in [2.05, 4.69) is 25.4 Å². The molecule has 1 aromatic rings. The summed E-state index contributed by atoms with van der Waals surface area (Å²) in [6.07, 6.45) is 0. The zero-order valence-corrected chi connectivity index (χ0v) is 3.90. The number of H-pyrrole nitrogens is 1. The van der Waals surface area contributed by atoms with Gasteiger partial charge in [0, 0.05) is 0 Å². The fourth-order valence-corrected chi connectivity index (χ4v) is 0.273. The molecule has 0 bridgehead atoms. The number of tetrazole rings is 1. The molecule has 0 amide bonds. The van der Waals surface area contributed by atoms with Crippen molar-refractivity contribution in [3.05, 3.63) is 0 Å². The Morgan fingerprint density at radius 2 is 2.62 bits per heavy atom. The van der Waals surface area contributed by atoms with Crippen LogP contribution in [0.25, 0.3) is 0 Å². The average Bonchev–Trinajstić information content (AvgIpc) is 2.19. The molecule has 0 aliphatic carbocycles. The van der Waals surface area contributed by atoms with Crippen molar-refractivity contribution in [1.29, 1.82) is 0 Å². The van der Waals surface area contributed by atoms with Gasteiger partial charge in [-0.1, -0.05) is 5.10 Å². The minimum Gasteiger partial charge on any atom is -0.436 e. The number of nitrogens with zero attached hydrogens (tertiary/aromatic N) is 3. The van der Waals surface area contributed by atoms with Crippen LogP contribution >= 0.6 is 0 Å². The Morgan fingerprint density at radius 3 is 3.12 bits per heavy atom. The van der Waals surface area contributed by atoms with Crippen LogP contribution in [0, 0.1) is 0 Å². The second-order valence-corrected chi connectivity index (χ2v) is 0.980. The molecule has 1 heterocycles. The maximum Gasteiger partial charge on any atom is 0.334 e. The summed E-state index contributed by atoms with van der Waals surface area (Å²) in [5.74, 6) is 0. The number of hydrogen-bond acceptors (Lipinski definition) is 5. The van der Waals surface area contributed by atoms with Crippen LogP contribution in [0.15, 0.2) is 0 Å². The number of aromatic amines is 1. The lowest BCUT2D eigenvalue weighted by molar-refractivity contribution is 0.0893. The monoisotopic (exact) mass is 116 g/mol. The molecular formula is C2H4N4O2. The first-order chi connectivity index (χ1) is 3.93. The lowest BCUT2D eigenvalue weighted by Gasteiger charge is -1.89. The van der Waals surface area contributed by atoms with Gasteiger partial charge in [0.15, 0.2) is 6.79 Å². The standard InChI is InChI=1S/C2H4N4O2/c7-1-8-2-3-5-6-4-2/h7H,1H2,(H,3,4,5,6). The van der Waals surface area contributed by atoms with Gasteiger partial charge < -0.3 is 9.84 Å². The molecule has 0 aliphatic heterocycles. The molecule has 0 unspecified atom stereocenters. The molecule has 2 N–H and O–H groups in total. The molecule has 0 fully saturated rings. The SMILES string of the molecule is OCOc1nnn[nH]1. The van der Waals surface area contributed by atoms with E-state index in [9.17, 15) is 0 Å². The second-order valence-electron chi connectivity index (χ2n) is 0.980. The molecule has 0 aliphatic rings. The highest BCUT2D eigenvalue weighted by Crippen LogP contribution is 1.90. The van der Waals surface area contributed by atoms with Gasteiger partial charge in [0.05, 0.1) is 0 Å². The van der Waals surface area contributed by atoms with Crippen LogP contribution in [0.2, 0.25) is 0 Å². The quantitative estimate of drug-likeness (QED) is 0.461. The highest BCUT2D eigenvalue weighted by molar-refractivity contribution is 4.79. The van der Waals surface area contributed by atoms with Crippen LogP contribution in [0.3, 0.4) is 0 Å². The predicted octanol–water partition coefficient (Wildman–Crippen LogP) is -1.47. The highest BCUT2D eigenvalue weighted by atomic mass is 16.6. The average molecular weight is 116 g/mol. The van der Waals surface area contributed by atoms with Crippen LogP contribution in [-0.2, 0) is 0 Å². The molecule has 44 valence electrons. The molecule has 0 aromatic carbocycles. The van der Waals surface area contributed by atoms with Crippen molar-refractivity contribution in [3.8, 4) is 6.01 Å². The summed E-state index contributed by atoms with van der Waals surface area (Å²) in [5.41, 5.74) is 0. The van der Waals surface area contributed by atoms with Gasteiger partial charge in [0.2, 0.25) is 0 Å². The number of nitrogens with one attached hydrogen (secondary N) is 1. The van der Waals surface area contributed by atoms with Crippen molar-refractivity contribution in [3.63, 3.8) is 0 Å². The van der Waals surface area contributed by atoms with Gasteiger partial charge in [-0.05, 0) is 10.4 Å². The van der Waals surface area contributed by atoms with Crippen molar-refractivity contribution in [2.75, 3.05) is 6.79 Å². The van der Waals surface area contributed by atoms with Crippen molar-refractivity contribution < 1.29 is 9.84 Å². The number of hydrogen-bond donors (Lipinski definition) is 2. The summed E-state index contributed by atoms with van der Waals surface area (Å²) in [6, 6.07) is 0.118. The molecule has 1 rings (SSSR count). The summed E-state index contributed by atoms with van der Waals surface area (Å²) in [6.45, 7) is -0.420. The summed E-state index contributed by atoms with van der Waals surface area (Å²) in [4.78, 5) is 0. The molecule has 0 saturated carbocycles. The Kier molecular flexibility index (Phi) is 1.38. The van der Waals surface area contributed by atoms with E-state index in [1.54, 1.807) is 0 Å². The van der Waals surface area contributed by atoms with E-state index >= 15 is 0 Å². The largest absolute Gasteiger partial charge is 0.436 e. The van der Waals surface area contributed by atoms with E-state index in [1.807, 2.05) is 0 Å². The lowest BCUT2D eigenvalue weighted by atomic mass is 11.2. The first-order valence-electron chi connectivity index (χ1n) is 1.91. The minimum absolute atomic E-state index is 0.118. The van der Waals surface area contributed by atoms with E-state index in [-0.39, 0.29) is 6.01 Å². The van der Waals surface area contributed by atoms with E-state index < -0.39 is 6.79 Å². The Labute approximate surface area is 44.5 Å². The van der Waals surface area contributed by atoms with Crippen molar-refractivity contribution in [1.82, 2.24) is 20.6 Å². The van der Waals surface area contributed by atoms with Crippen LogP contribution < -0.4 is 4.74 Å². The maximum absolute atomic E-state index is 8.10. The van der Waals surface area contributed by atoms with Gasteiger partial charge in [-0.2, -0.15) is 0 Å². The third kappa shape index (κ3) is 0.909. The molecule has 0 saturated heterocycles. The Bertz CT molecular complexity index is 138. The summed E-state index contributed by atoms with van der Waals surface area (Å²) in [7, 11) is 0. The summed E-state index contributed by atoms with van der Waals surface area (Å²) >= 11 is 0. The van der Waals surface area contributed by atoms with Crippen molar-refractivity contribution in [2.24, 2.45) is 0 Å². The zero-order valence-electron chi connectivity index (χ0n) is 3.90. The number of aliphatic hydroxyl groups excluding tert-OH is 1. The third-order valence-corrected chi connectivity index (χ3v) is 0.527. The Hall–Kier alpha value is -1.17. The summed E-state index contributed by atoms with van der Waals surface area (Å²) < 4.78 is 4.41. The topological polar surface area (TPSA) is 83.9 Å². The zero-order chi connectivity index (χ0) is 5.82. The van der Waals surface area contributed by atoms with Crippen LogP contribution in [0.4, 0.5) is 0 Å². The van der Waals surface area contributed by atoms with Crippen LogP contribution in [-0.4, -0.2) is 32.5 Å². The van der Waals surface area contributed by atoms with Crippen molar-refractivity contribution >= 4 is 0 Å². The molecule has 6 heteroatoms. The van der Waals surface area contributed by atoms with E-state index in [4.69, 9.17) is 5.11 Å². The van der Waals surface area contributed by atoms with E-state index in [0.717, 1.165) is 0 Å². The number of aromatic nitrogens is 4. The van der Waals surface area contributed by atoms with Gasteiger partial charge >= 0.3 is 6.01 Å². The molecule has 0 atom stereocenters. The van der Waals surface area contributed by atoms with Gasteiger partial charge in [0.25, 0.3) is 0 Å². The molecule has 1 aromatic heterocycles. The minimum atomic E-state index is -0.420. The molecule has 8 heavy (non-hydrogen) atoms. The van der Waals surface area contributed by atoms with Gasteiger partial charge in [0.1, 0.15) is 0 Å². The van der Waals surface area contributed by atoms with Gasteiger partial charge in [-0.15, -0.1) is 0 Å². The molecule has 0 radical (unpaired) electrons. The Balaban J connectivity index is 2.50. The van der Waals surface area contributed by atoms with E-state index in [0.29, 0.717) is 0 Å². The first-order valence-corrected chi connectivity index (χ1v) is 1.91. The number of rotatable bonds is 2. The number of aliphatic hydroxyl groups is 1. The fraction of sp³-hybridized carbons (Fsp3) is 0.500. The fourth-order valence-electron chi connectivity index (χ4n) is 0.273. The van der Waals surface area contributed by atoms with Crippen LogP contribution in [0.1, 0.15) is 0 Å². The van der Waals surface area contributed by atoms with Gasteiger partial charge in [-0.3, -0.25) is 0 Å². The van der Waals surface area contributed by atoms with Crippen molar-refractivity contribution in [2.45, 2.75) is 0 Å². The third-order valence-electron chi connectivity index (χ3n) is 0.527. The smallest absolute Gasteiger partial charge is 0.334 e. The second kappa shape index (κ2) is 2.22. The normalized spacial score (nSPS) is 9.12. The first kappa shape index (κ1) is 4.98. The molecule has 6 nitrogen and oxygen atoms in total. The maximum atomic E-state index is 8.10. The predicted molar refractivity (Wildman–Crippen MR) is 21.9 cm³/mol. The molecular weight excluding hydrogens is 112 g/mol. The van der Waals surface area contributed by atoms with Gasteiger partial charge in [-0.25, -0.2) is 5.10 Å². The highest BCUT2D eigenvalue weighted by Gasteiger charge is 1.91. The summed E-state index contributed by atoms with van der Waals surface area (Å²) in [5, 5.41) is 20.1. The molecule has 0 spiro atoms. The van der Waals surface area contributed by atoms with Crippen LogP contribution in [0.5, 0.6) is 6.01 Å². The number of ether oxygens (including phenoxy) is 1. The van der Waals surface area contributed by atoms with E-state index in [1.165, 1.54) is 0 Å². The Morgan fingerprint density at radius 1 is 1.75 bits per heavy atom.